The molecule has 3 nitrogen and oxygen atoms in total. The van der Waals surface area contributed by atoms with Crippen LogP contribution in [0.1, 0.15) is 42.4 Å². The summed E-state index contributed by atoms with van der Waals surface area (Å²) in [5.41, 5.74) is 9.19. The van der Waals surface area contributed by atoms with Crippen LogP contribution in [0.25, 0.3) is 0 Å². The van der Waals surface area contributed by atoms with Crippen LogP contribution in [0.4, 0.5) is 0 Å². The van der Waals surface area contributed by atoms with Crippen LogP contribution in [0.15, 0.2) is 18.2 Å². The summed E-state index contributed by atoms with van der Waals surface area (Å²) in [5.74, 6) is 0.0982. The maximum absolute atomic E-state index is 12.2. The SMILES string of the molecule is Cc1ccc(C)c(CC(=O)NC2(CN)CCCC2)c1.Cl. The maximum atomic E-state index is 12.2. The van der Waals surface area contributed by atoms with Crippen molar-refractivity contribution in [3.8, 4) is 0 Å². The van der Waals surface area contributed by atoms with Crippen LogP contribution in [0.5, 0.6) is 0 Å². The molecule has 1 aliphatic rings. The Hall–Kier alpha value is -1.06. The van der Waals surface area contributed by atoms with Crippen LogP contribution >= 0.6 is 12.4 Å². The van der Waals surface area contributed by atoms with Crippen molar-refractivity contribution in [2.75, 3.05) is 6.54 Å². The van der Waals surface area contributed by atoms with Gasteiger partial charge in [-0.3, -0.25) is 4.79 Å². The number of hydrogen-bond acceptors (Lipinski definition) is 2. The van der Waals surface area contributed by atoms with Crippen LogP contribution in [0.2, 0.25) is 0 Å². The van der Waals surface area contributed by atoms with E-state index < -0.39 is 0 Å². The van der Waals surface area contributed by atoms with Crippen LogP contribution in [-0.4, -0.2) is 18.0 Å². The highest BCUT2D eigenvalue weighted by Gasteiger charge is 2.33. The van der Waals surface area contributed by atoms with E-state index >= 15 is 0 Å². The van der Waals surface area contributed by atoms with E-state index in [0.717, 1.165) is 18.4 Å². The second kappa shape index (κ2) is 7.09. The number of halogens is 1. The van der Waals surface area contributed by atoms with E-state index in [-0.39, 0.29) is 23.9 Å². The van der Waals surface area contributed by atoms with E-state index in [9.17, 15) is 4.79 Å². The molecular weight excluding hydrogens is 272 g/mol. The van der Waals surface area contributed by atoms with E-state index in [1.165, 1.54) is 24.0 Å². The van der Waals surface area contributed by atoms with Crippen LogP contribution in [0, 0.1) is 13.8 Å². The molecule has 4 heteroatoms. The molecule has 0 heterocycles. The molecule has 0 unspecified atom stereocenters. The van der Waals surface area contributed by atoms with E-state index in [2.05, 4.69) is 37.4 Å². The molecule has 0 radical (unpaired) electrons. The van der Waals surface area contributed by atoms with E-state index in [4.69, 9.17) is 5.73 Å². The zero-order valence-electron chi connectivity index (χ0n) is 12.4. The zero-order chi connectivity index (χ0) is 13.9. The number of nitrogens with two attached hydrogens (primary N) is 1. The number of carbonyl (C=O) groups excluding carboxylic acids is 1. The number of aryl methyl sites for hydroxylation is 2. The van der Waals surface area contributed by atoms with Gasteiger partial charge in [0.1, 0.15) is 0 Å². The minimum Gasteiger partial charge on any atom is -0.349 e. The van der Waals surface area contributed by atoms with Crippen molar-refractivity contribution in [3.63, 3.8) is 0 Å². The molecule has 0 spiro atoms. The lowest BCUT2D eigenvalue weighted by atomic mass is 9.96. The quantitative estimate of drug-likeness (QED) is 0.897. The molecular formula is C16H25ClN2O. The summed E-state index contributed by atoms with van der Waals surface area (Å²) in [6.07, 6.45) is 4.82. The van der Waals surface area contributed by atoms with E-state index in [1.807, 2.05) is 0 Å². The third-order valence-electron chi connectivity index (χ3n) is 4.21. The van der Waals surface area contributed by atoms with Crippen LogP contribution < -0.4 is 11.1 Å². The summed E-state index contributed by atoms with van der Waals surface area (Å²) < 4.78 is 0. The van der Waals surface area contributed by atoms with Gasteiger partial charge in [0.05, 0.1) is 12.0 Å². The lowest BCUT2D eigenvalue weighted by Gasteiger charge is -2.28. The summed E-state index contributed by atoms with van der Waals surface area (Å²) in [5, 5.41) is 3.17. The summed E-state index contributed by atoms with van der Waals surface area (Å²) in [6, 6.07) is 6.25. The van der Waals surface area contributed by atoms with Crippen molar-refractivity contribution in [2.24, 2.45) is 5.73 Å². The first-order chi connectivity index (χ1) is 9.04. The van der Waals surface area contributed by atoms with Crippen molar-refractivity contribution in [1.29, 1.82) is 0 Å². The minimum absolute atomic E-state index is 0. The van der Waals surface area contributed by atoms with Gasteiger partial charge in [0.25, 0.3) is 0 Å². The normalized spacial score (nSPS) is 16.6. The van der Waals surface area contributed by atoms with Gasteiger partial charge in [-0.2, -0.15) is 0 Å². The Morgan fingerprint density at radius 2 is 1.95 bits per heavy atom. The van der Waals surface area contributed by atoms with Gasteiger partial charge in [0.2, 0.25) is 5.91 Å². The van der Waals surface area contributed by atoms with Gasteiger partial charge >= 0.3 is 0 Å². The van der Waals surface area contributed by atoms with Gasteiger partial charge < -0.3 is 11.1 Å². The Kier molecular flexibility index (Phi) is 6.03. The van der Waals surface area contributed by atoms with Crippen molar-refractivity contribution in [2.45, 2.75) is 51.5 Å². The van der Waals surface area contributed by atoms with Crippen LogP contribution in [-0.2, 0) is 11.2 Å². The zero-order valence-corrected chi connectivity index (χ0v) is 13.2. The summed E-state index contributed by atoms with van der Waals surface area (Å²) in [6.45, 7) is 4.65. The molecule has 1 fully saturated rings. The molecule has 0 bridgehead atoms. The summed E-state index contributed by atoms with van der Waals surface area (Å²) in [7, 11) is 0. The first-order valence-electron chi connectivity index (χ1n) is 7.12. The predicted octanol–water partition coefficient (Wildman–Crippen LogP) is 2.66. The average Bonchev–Trinajstić information content (AvgIpc) is 2.83. The van der Waals surface area contributed by atoms with Gasteiger partial charge in [-0.25, -0.2) is 0 Å². The fraction of sp³-hybridized carbons (Fsp3) is 0.562. The number of rotatable bonds is 4. The Morgan fingerprint density at radius 3 is 2.55 bits per heavy atom. The Morgan fingerprint density at radius 1 is 1.30 bits per heavy atom. The molecule has 112 valence electrons. The molecule has 1 amide bonds. The molecule has 0 aromatic heterocycles. The van der Waals surface area contributed by atoms with Gasteiger partial charge in [0, 0.05) is 6.54 Å². The molecule has 1 aliphatic carbocycles. The summed E-state index contributed by atoms with van der Waals surface area (Å²) in [4.78, 5) is 12.2. The topological polar surface area (TPSA) is 55.1 Å². The number of carbonyl (C=O) groups is 1. The monoisotopic (exact) mass is 296 g/mol. The second-order valence-electron chi connectivity index (χ2n) is 5.85. The van der Waals surface area contributed by atoms with Crippen molar-refractivity contribution in [1.82, 2.24) is 5.32 Å². The lowest BCUT2D eigenvalue weighted by molar-refractivity contribution is -0.122. The largest absolute Gasteiger partial charge is 0.349 e. The average molecular weight is 297 g/mol. The molecule has 2 rings (SSSR count). The van der Waals surface area contributed by atoms with Gasteiger partial charge in [-0.15, -0.1) is 12.4 Å². The molecule has 20 heavy (non-hydrogen) atoms. The number of nitrogens with one attached hydrogen (secondary N) is 1. The Bertz CT molecular complexity index is 468. The molecule has 1 saturated carbocycles. The molecule has 0 saturated heterocycles. The molecule has 0 aliphatic heterocycles. The first-order valence-corrected chi connectivity index (χ1v) is 7.12. The maximum Gasteiger partial charge on any atom is 0.224 e. The second-order valence-corrected chi connectivity index (χ2v) is 5.85. The summed E-state index contributed by atoms with van der Waals surface area (Å²) >= 11 is 0. The number of benzene rings is 1. The van der Waals surface area contributed by atoms with Gasteiger partial charge in [-0.1, -0.05) is 36.6 Å². The van der Waals surface area contributed by atoms with E-state index in [0.29, 0.717) is 13.0 Å². The number of amides is 1. The van der Waals surface area contributed by atoms with Gasteiger partial charge in [0.15, 0.2) is 0 Å². The first kappa shape index (κ1) is 17.0. The fourth-order valence-electron chi connectivity index (χ4n) is 2.94. The van der Waals surface area contributed by atoms with E-state index in [1.54, 1.807) is 0 Å². The third-order valence-corrected chi connectivity index (χ3v) is 4.21. The molecule has 3 N–H and O–H groups in total. The van der Waals surface area contributed by atoms with Crippen molar-refractivity contribution >= 4 is 18.3 Å². The lowest BCUT2D eigenvalue weighted by Crippen LogP contribution is -2.52. The third kappa shape index (κ3) is 3.97. The van der Waals surface area contributed by atoms with Gasteiger partial charge in [-0.05, 0) is 37.8 Å². The van der Waals surface area contributed by atoms with Crippen LogP contribution in [0.3, 0.4) is 0 Å². The van der Waals surface area contributed by atoms with Crippen molar-refractivity contribution in [3.05, 3.63) is 34.9 Å². The fourth-order valence-corrected chi connectivity index (χ4v) is 2.94. The molecule has 0 atom stereocenters. The smallest absolute Gasteiger partial charge is 0.224 e. The Labute approximate surface area is 127 Å². The highest BCUT2D eigenvalue weighted by molar-refractivity contribution is 5.85. The highest BCUT2D eigenvalue weighted by atomic mass is 35.5. The Balaban J connectivity index is 0.00000200. The predicted molar refractivity (Wildman–Crippen MR) is 85.3 cm³/mol. The number of hydrogen-bond donors (Lipinski definition) is 2. The molecule has 1 aromatic rings. The van der Waals surface area contributed by atoms with Crippen molar-refractivity contribution < 1.29 is 4.79 Å². The minimum atomic E-state index is -0.144. The standard InChI is InChI=1S/C16H24N2O.ClH/c1-12-5-6-13(2)14(9-12)10-15(19)18-16(11-17)7-3-4-8-16;/h5-6,9H,3-4,7-8,10-11,17H2,1-2H3,(H,18,19);1H. The molecule has 1 aromatic carbocycles. The highest BCUT2D eigenvalue weighted by Crippen LogP contribution is 2.28.